The van der Waals surface area contributed by atoms with E-state index in [0.717, 1.165) is 22.2 Å². The van der Waals surface area contributed by atoms with Crippen LogP contribution in [0.3, 0.4) is 0 Å². The summed E-state index contributed by atoms with van der Waals surface area (Å²) < 4.78 is 4.82. The Balaban J connectivity index is 1.75. The molecule has 0 aromatic heterocycles. The summed E-state index contributed by atoms with van der Waals surface area (Å²) in [5, 5.41) is 0. The predicted molar refractivity (Wildman–Crippen MR) is 79.3 cm³/mol. The Bertz CT molecular complexity index is 432. The molecule has 1 saturated heterocycles. The SMILES string of the molecule is B1BN(c2ccccc2)BN1c1ccccc1. The first-order chi connectivity index (χ1) is 8.43. The molecule has 5 heteroatoms. The van der Waals surface area contributed by atoms with Crippen molar-refractivity contribution < 1.29 is 0 Å². The van der Waals surface area contributed by atoms with Gasteiger partial charge in [0.25, 0.3) is 0 Å². The fourth-order valence-electron chi connectivity index (χ4n) is 2.29. The molecule has 0 saturated carbocycles. The Morgan fingerprint density at radius 3 is 1.41 bits per heavy atom. The lowest BCUT2D eigenvalue weighted by atomic mass is 9.56. The van der Waals surface area contributed by atoms with Gasteiger partial charge in [-0.3, -0.25) is 0 Å². The van der Waals surface area contributed by atoms with E-state index in [0.29, 0.717) is 0 Å². The lowest BCUT2D eigenvalue weighted by molar-refractivity contribution is 1.50. The van der Waals surface area contributed by atoms with Crippen LogP contribution in [0.15, 0.2) is 60.7 Å². The molecule has 2 nitrogen and oxygen atoms in total. The number of nitrogens with zero attached hydrogens (tertiary/aromatic N) is 2. The van der Waals surface area contributed by atoms with Crippen LogP contribution in [0.5, 0.6) is 0 Å². The molecule has 17 heavy (non-hydrogen) atoms. The number of benzene rings is 2. The van der Waals surface area contributed by atoms with Crippen molar-refractivity contribution in [3.05, 3.63) is 60.7 Å². The second-order valence-corrected chi connectivity index (χ2v) is 4.34. The summed E-state index contributed by atoms with van der Waals surface area (Å²) in [4.78, 5) is 0. The zero-order valence-corrected chi connectivity index (χ0v) is 9.79. The van der Waals surface area contributed by atoms with Crippen molar-refractivity contribution in [3.8, 4) is 0 Å². The maximum Gasteiger partial charge on any atom is 0.329 e. The molecule has 80 valence electrons. The molecule has 2 aromatic carbocycles. The van der Waals surface area contributed by atoms with Gasteiger partial charge in [-0.25, -0.2) is 0 Å². The largest absolute Gasteiger partial charge is 0.453 e. The van der Waals surface area contributed by atoms with Gasteiger partial charge in [-0.1, -0.05) is 36.4 Å². The van der Waals surface area contributed by atoms with Crippen LogP contribution >= 0.6 is 0 Å². The number of para-hydroxylation sites is 2. The molecule has 1 fully saturated rings. The predicted octanol–water partition coefficient (Wildman–Crippen LogP) is 0.898. The fourth-order valence-corrected chi connectivity index (χ4v) is 2.29. The highest BCUT2D eigenvalue weighted by Crippen LogP contribution is 2.19. The topological polar surface area (TPSA) is 6.48 Å². The Labute approximate surface area is 104 Å². The number of rotatable bonds is 2. The van der Waals surface area contributed by atoms with E-state index in [1.807, 2.05) is 0 Å². The zero-order chi connectivity index (χ0) is 11.5. The van der Waals surface area contributed by atoms with Crippen LogP contribution in [0.25, 0.3) is 0 Å². The molecule has 0 spiro atoms. The number of hydrogen-bond acceptors (Lipinski definition) is 2. The van der Waals surface area contributed by atoms with Gasteiger partial charge in [-0.05, 0) is 24.3 Å². The van der Waals surface area contributed by atoms with E-state index in [4.69, 9.17) is 0 Å². The summed E-state index contributed by atoms with van der Waals surface area (Å²) in [6, 6.07) is 21.2. The Kier molecular flexibility index (Phi) is 2.82. The standard InChI is InChI=1S/C12H13B3N2/c1-3-7-11(8-4-1)16-13-14-17(15-16)12-9-5-2-6-10-12/h1-10,13-15H. The van der Waals surface area contributed by atoms with Gasteiger partial charge in [-0.15, -0.1) is 0 Å². The first kappa shape index (κ1) is 10.4. The van der Waals surface area contributed by atoms with Crippen LogP contribution < -0.4 is 9.44 Å². The molecular formula is C12H13B3N2. The van der Waals surface area contributed by atoms with Gasteiger partial charge in [0, 0.05) is 11.4 Å². The quantitative estimate of drug-likeness (QED) is 0.690. The molecule has 0 bridgehead atoms. The minimum Gasteiger partial charge on any atom is -0.453 e. The van der Waals surface area contributed by atoms with E-state index in [1.54, 1.807) is 0 Å². The lowest BCUT2D eigenvalue weighted by Gasteiger charge is -2.21. The average molecular weight is 218 g/mol. The Morgan fingerprint density at radius 1 is 0.588 bits per heavy atom. The van der Waals surface area contributed by atoms with E-state index < -0.39 is 0 Å². The van der Waals surface area contributed by atoms with Crippen molar-refractivity contribution in [2.75, 3.05) is 9.44 Å². The van der Waals surface area contributed by atoms with Gasteiger partial charge < -0.3 is 9.44 Å². The van der Waals surface area contributed by atoms with Crippen molar-refractivity contribution in [3.63, 3.8) is 0 Å². The Morgan fingerprint density at radius 2 is 1.00 bits per heavy atom. The summed E-state index contributed by atoms with van der Waals surface area (Å²) in [5.41, 5.74) is 2.62. The van der Waals surface area contributed by atoms with Gasteiger partial charge in [0.1, 0.15) is 0 Å². The minimum absolute atomic E-state index is 0.980. The van der Waals surface area contributed by atoms with Crippen molar-refractivity contribution in [2.45, 2.75) is 0 Å². The van der Waals surface area contributed by atoms with Crippen LogP contribution in [0, 0.1) is 0 Å². The van der Waals surface area contributed by atoms with Gasteiger partial charge in [-0.2, -0.15) is 0 Å². The smallest absolute Gasteiger partial charge is 0.329 e. The third-order valence-electron chi connectivity index (χ3n) is 3.22. The monoisotopic (exact) mass is 218 g/mol. The molecule has 1 aliphatic rings. The van der Waals surface area contributed by atoms with Gasteiger partial charge in [0.05, 0.1) is 0 Å². The molecule has 0 unspecified atom stereocenters. The molecule has 0 amide bonds. The van der Waals surface area contributed by atoms with Gasteiger partial charge in [0.15, 0.2) is 0 Å². The van der Waals surface area contributed by atoms with E-state index in [-0.39, 0.29) is 0 Å². The summed E-state index contributed by atoms with van der Waals surface area (Å²) in [6.07, 6.45) is 0. The highest BCUT2D eigenvalue weighted by atomic mass is 15.1. The van der Waals surface area contributed by atoms with Crippen LogP contribution in [-0.4, -0.2) is 22.2 Å². The van der Waals surface area contributed by atoms with Gasteiger partial charge >= 0.3 is 7.55 Å². The van der Waals surface area contributed by atoms with Gasteiger partial charge in [0.2, 0.25) is 14.6 Å². The molecular weight excluding hydrogens is 205 g/mol. The average Bonchev–Trinajstić information content (AvgIpc) is 2.90. The third kappa shape index (κ3) is 2.18. The number of anilines is 2. The summed E-state index contributed by atoms with van der Waals surface area (Å²) in [6.45, 7) is 0. The molecule has 2 aromatic rings. The number of hydrogen-bond donors (Lipinski definition) is 0. The molecule has 0 aliphatic carbocycles. The summed E-state index contributed by atoms with van der Waals surface area (Å²) >= 11 is 0. The van der Waals surface area contributed by atoms with Crippen LogP contribution in [0.1, 0.15) is 0 Å². The molecule has 1 heterocycles. The first-order valence-electron chi connectivity index (χ1n) is 6.03. The first-order valence-corrected chi connectivity index (χ1v) is 6.03. The Hall–Kier alpha value is -1.77. The molecule has 3 rings (SSSR count). The molecule has 0 atom stereocenters. The highest BCUT2D eigenvalue weighted by molar-refractivity contribution is 7.15. The lowest BCUT2D eigenvalue weighted by Crippen LogP contribution is -2.30. The van der Waals surface area contributed by atoms with E-state index in [1.165, 1.54) is 11.4 Å². The van der Waals surface area contributed by atoms with Crippen molar-refractivity contribution in [2.24, 2.45) is 0 Å². The van der Waals surface area contributed by atoms with Crippen LogP contribution in [0.2, 0.25) is 0 Å². The van der Waals surface area contributed by atoms with Crippen LogP contribution in [-0.2, 0) is 0 Å². The van der Waals surface area contributed by atoms with Crippen molar-refractivity contribution >= 4 is 33.5 Å². The highest BCUT2D eigenvalue weighted by Gasteiger charge is 2.24. The van der Waals surface area contributed by atoms with Crippen molar-refractivity contribution in [1.82, 2.24) is 0 Å². The maximum absolute atomic E-state index is 2.41. The van der Waals surface area contributed by atoms with Crippen LogP contribution in [0.4, 0.5) is 11.4 Å². The maximum atomic E-state index is 2.41. The summed E-state index contributed by atoms with van der Waals surface area (Å²) in [5.74, 6) is 0. The second kappa shape index (κ2) is 4.62. The van der Waals surface area contributed by atoms with Crippen molar-refractivity contribution in [1.29, 1.82) is 0 Å². The van der Waals surface area contributed by atoms with E-state index in [2.05, 4.69) is 70.1 Å². The van der Waals surface area contributed by atoms with E-state index in [9.17, 15) is 0 Å². The molecule has 1 aliphatic heterocycles. The third-order valence-corrected chi connectivity index (χ3v) is 3.22. The summed E-state index contributed by atoms with van der Waals surface area (Å²) in [7, 11) is 3.17. The second-order valence-electron chi connectivity index (χ2n) is 4.34. The normalized spacial score (nSPS) is 13.9. The molecule has 0 N–H and O–H groups in total. The fraction of sp³-hybridized carbons (Fsp3) is 0. The molecule has 0 radical (unpaired) electrons. The minimum atomic E-state index is 0.980. The zero-order valence-electron chi connectivity index (χ0n) is 9.79. The van der Waals surface area contributed by atoms with E-state index >= 15 is 0 Å².